The summed E-state index contributed by atoms with van der Waals surface area (Å²) in [5, 5.41) is 2.64. The van der Waals surface area contributed by atoms with Crippen molar-refractivity contribution in [2.45, 2.75) is 30.2 Å². The van der Waals surface area contributed by atoms with Gasteiger partial charge in [-0.15, -0.1) is 0 Å². The van der Waals surface area contributed by atoms with Crippen LogP contribution in [-0.4, -0.2) is 20.4 Å². The molecule has 0 unspecified atom stereocenters. The molecule has 0 radical (unpaired) electrons. The first-order valence-electron chi connectivity index (χ1n) is 5.53. The van der Waals surface area contributed by atoms with Gasteiger partial charge in [-0.3, -0.25) is 4.79 Å². The van der Waals surface area contributed by atoms with E-state index >= 15 is 0 Å². The number of hydrogen-bond donors (Lipinski definition) is 1. The summed E-state index contributed by atoms with van der Waals surface area (Å²) in [7, 11) is 0.891. The van der Waals surface area contributed by atoms with E-state index in [-0.39, 0.29) is 16.1 Å². The second-order valence-electron chi connectivity index (χ2n) is 4.30. The van der Waals surface area contributed by atoms with Gasteiger partial charge in [-0.25, -0.2) is 12.8 Å². The number of rotatable bonds is 3. The lowest BCUT2D eigenvalue weighted by Gasteiger charge is -2.26. The third-order valence-corrected chi connectivity index (χ3v) is 4.73. The fourth-order valence-electron chi connectivity index (χ4n) is 1.72. The first kappa shape index (κ1) is 14.7. The van der Waals surface area contributed by atoms with Gasteiger partial charge in [0.25, 0.3) is 15.0 Å². The van der Waals surface area contributed by atoms with Crippen LogP contribution < -0.4 is 5.32 Å². The van der Waals surface area contributed by atoms with Crippen LogP contribution in [0, 0.1) is 5.82 Å². The molecule has 104 valence electrons. The second kappa shape index (κ2) is 5.38. The van der Waals surface area contributed by atoms with Crippen LogP contribution in [0.4, 0.5) is 4.39 Å². The Morgan fingerprint density at radius 3 is 2.53 bits per heavy atom. The summed E-state index contributed by atoms with van der Waals surface area (Å²) >= 11 is 3.04. The summed E-state index contributed by atoms with van der Waals surface area (Å²) in [5.41, 5.74) is -0.333. The van der Waals surface area contributed by atoms with Crippen molar-refractivity contribution in [3.8, 4) is 0 Å². The molecule has 4 nitrogen and oxygen atoms in total. The number of amides is 1. The molecule has 1 saturated carbocycles. The van der Waals surface area contributed by atoms with E-state index in [0.717, 1.165) is 25.3 Å². The molecule has 0 bridgehead atoms. The van der Waals surface area contributed by atoms with Crippen LogP contribution in [0.2, 0.25) is 0 Å². The highest BCUT2D eigenvalue weighted by atomic mass is 79.9. The maximum atomic E-state index is 14.0. The smallest absolute Gasteiger partial charge is 0.264 e. The van der Waals surface area contributed by atoms with Crippen LogP contribution in [0.15, 0.2) is 21.5 Å². The van der Waals surface area contributed by atoms with Crippen molar-refractivity contribution in [3.63, 3.8) is 0 Å². The molecule has 0 heterocycles. The number of nitrogens with one attached hydrogen (secondary N) is 1. The van der Waals surface area contributed by atoms with Crippen molar-refractivity contribution in [2.75, 3.05) is 0 Å². The molecular weight excluding hydrogens is 361 g/mol. The highest BCUT2D eigenvalue weighted by Gasteiger charge is 2.26. The summed E-state index contributed by atoms with van der Waals surface area (Å²) in [6.07, 6.45) is 2.72. The van der Waals surface area contributed by atoms with Crippen molar-refractivity contribution in [1.82, 2.24) is 5.32 Å². The van der Waals surface area contributed by atoms with Gasteiger partial charge in [-0.2, -0.15) is 0 Å². The van der Waals surface area contributed by atoms with E-state index < -0.39 is 25.7 Å². The maximum Gasteiger partial charge on any atom is 0.264 e. The van der Waals surface area contributed by atoms with Gasteiger partial charge in [0, 0.05) is 21.2 Å². The Hall–Kier alpha value is -0.660. The van der Waals surface area contributed by atoms with Crippen molar-refractivity contribution < 1.29 is 17.6 Å². The molecule has 1 aromatic rings. The van der Waals surface area contributed by atoms with E-state index in [2.05, 4.69) is 21.2 Å². The Kier molecular flexibility index (Phi) is 4.17. The third kappa shape index (κ3) is 3.27. The van der Waals surface area contributed by atoms with Crippen molar-refractivity contribution >= 4 is 41.6 Å². The number of hydrogen-bond acceptors (Lipinski definition) is 3. The normalized spacial score (nSPS) is 15.9. The molecule has 1 amide bonds. The average molecular weight is 371 g/mol. The minimum absolute atomic E-state index is 0.0296. The van der Waals surface area contributed by atoms with Crippen LogP contribution in [0.25, 0.3) is 0 Å². The van der Waals surface area contributed by atoms with E-state index in [1.165, 1.54) is 6.07 Å². The van der Waals surface area contributed by atoms with E-state index in [9.17, 15) is 17.6 Å². The number of benzene rings is 1. The van der Waals surface area contributed by atoms with E-state index in [4.69, 9.17) is 10.7 Å². The highest BCUT2D eigenvalue weighted by molar-refractivity contribution is 9.10. The molecule has 0 saturated heterocycles. The first-order chi connectivity index (χ1) is 8.79. The molecule has 2 rings (SSSR count). The molecule has 0 atom stereocenters. The summed E-state index contributed by atoms with van der Waals surface area (Å²) in [4.78, 5) is 11.2. The first-order valence-corrected chi connectivity index (χ1v) is 8.64. The number of carbonyl (C=O) groups is 1. The van der Waals surface area contributed by atoms with Crippen LogP contribution in [0.5, 0.6) is 0 Å². The molecule has 19 heavy (non-hydrogen) atoms. The van der Waals surface area contributed by atoms with Gasteiger partial charge in [-0.1, -0.05) is 15.9 Å². The predicted octanol–water partition coefficient (Wildman–Crippen LogP) is 2.80. The largest absolute Gasteiger partial charge is 0.349 e. The number of halogens is 3. The standard InChI is InChI=1S/C11H10BrClFNO3S/c12-6-4-8(11(16)15-7-2-1-3-7)10(14)9(5-6)19(13,17)18/h4-5,7H,1-3H2,(H,15,16). The van der Waals surface area contributed by atoms with Gasteiger partial charge >= 0.3 is 0 Å². The lowest BCUT2D eigenvalue weighted by Crippen LogP contribution is -2.39. The lowest BCUT2D eigenvalue weighted by atomic mass is 9.93. The van der Waals surface area contributed by atoms with Gasteiger partial charge in [0.15, 0.2) is 5.82 Å². The molecule has 0 aliphatic heterocycles. The van der Waals surface area contributed by atoms with Gasteiger partial charge in [0.05, 0.1) is 5.56 Å². The quantitative estimate of drug-likeness (QED) is 0.832. The highest BCUT2D eigenvalue weighted by Crippen LogP contribution is 2.27. The summed E-state index contributed by atoms with van der Waals surface area (Å²) in [6, 6.07) is 2.29. The van der Waals surface area contributed by atoms with Crippen molar-refractivity contribution in [2.24, 2.45) is 0 Å². The van der Waals surface area contributed by atoms with Gasteiger partial charge in [0.1, 0.15) is 4.90 Å². The molecule has 1 N–H and O–H groups in total. The van der Waals surface area contributed by atoms with E-state index in [0.29, 0.717) is 0 Å². The zero-order valence-corrected chi connectivity index (χ0v) is 12.8. The third-order valence-electron chi connectivity index (χ3n) is 2.95. The van der Waals surface area contributed by atoms with E-state index in [1.807, 2.05) is 0 Å². The Labute approximate surface area is 122 Å². The average Bonchev–Trinajstić information content (AvgIpc) is 2.24. The van der Waals surface area contributed by atoms with Crippen molar-refractivity contribution in [1.29, 1.82) is 0 Å². The second-order valence-corrected chi connectivity index (χ2v) is 7.75. The Balaban J connectivity index is 2.39. The SMILES string of the molecule is O=C(NC1CCC1)c1cc(Br)cc(S(=O)(=O)Cl)c1F. The lowest BCUT2D eigenvalue weighted by molar-refractivity contribution is 0.0912. The predicted molar refractivity (Wildman–Crippen MR) is 72.2 cm³/mol. The Morgan fingerprint density at radius 1 is 1.42 bits per heavy atom. The molecular formula is C11H10BrClFNO3S. The fourth-order valence-corrected chi connectivity index (χ4v) is 3.26. The van der Waals surface area contributed by atoms with E-state index in [1.54, 1.807) is 0 Å². The van der Waals surface area contributed by atoms with Gasteiger partial charge in [0.2, 0.25) is 0 Å². The summed E-state index contributed by atoms with van der Waals surface area (Å²) < 4.78 is 36.8. The van der Waals surface area contributed by atoms with Crippen LogP contribution in [0.1, 0.15) is 29.6 Å². The number of carbonyl (C=O) groups excluding carboxylic acids is 1. The minimum atomic E-state index is -4.24. The Morgan fingerprint density at radius 2 is 2.05 bits per heavy atom. The zero-order valence-electron chi connectivity index (χ0n) is 9.62. The van der Waals surface area contributed by atoms with Crippen LogP contribution in [-0.2, 0) is 9.05 Å². The van der Waals surface area contributed by atoms with Crippen molar-refractivity contribution in [3.05, 3.63) is 28.0 Å². The molecule has 1 fully saturated rings. The van der Waals surface area contributed by atoms with Gasteiger partial charge in [-0.05, 0) is 31.4 Å². The van der Waals surface area contributed by atoms with Crippen LogP contribution >= 0.6 is 26.6 Å². The van der Waals surface area contributed by atoms with Crippen LogP contribution in [0.3, 0.4) is 0 Å². The molecule has 0 aromatic heterocycles. The summed E-state index contributed by atoms with van der Waals surface area (Å²) in [6.45, 7) is 0. The molecule has 1 aliphatic rings. The topological polar surface area (TPSA) is 63.2 Å². The molecule has 0 spiro atoms. The molecule has 8 heteroatoms. The van der Waals surface area contributed by atoms with Gasteiger partial charge < -0.3 is 5.32 Å². The Bertz CT molecular complexity index is 631. The minimum Gasteiger partial charge on any atom is -0.349 e. The maximum absolute atomic E-state index is 14.0. The monoisotopic (exact) mass is 369 g/mol. The molecule has 1 aromatic carbocycles. The summed E-state index contributed by atoms with van der Waals surface area (Å²) in [5.74, 6) is -1.76. The molecule has 1 aliphatic carbocycles. The fraction of sp³-hybridized carbons (Fsp3) is 0.364. The zero-order chi connectivity index (χ0) is 14.2.